The molecule has 0 saturated heterocycles. The Labute approximate surface area is 164 Å². The maximum atomic E-state index is 12.9. The van der Waals surface area contributed by atoms with E-state index in [1.54, 1.807) is 11.6 Å². The summed E-state index contributed by atoms with van der Waals surface area (Å²) in [6.07, 6.45) is 4.13. The van der Waals surface area contributed by atoms with Crippen molar-refractivity contribution in [3.63, 3.8) is 0 Å². The summed E-state index contributed by atoms with van der Waals surface area (Å²) in [6, 6.07) is 10.0. The van der Waals surface area contributed by atoms with E-state index >= 15 is 0 Å². The van der Waals surface area contributed by atoms with Crippen LogP contribution in [-0.2, 0) is 29.9 Å². The van der Waals surface area contributed by atoms with Gasteiger partial charge in [-0.3, -0.25) is 14.2 Å². The minimum absolute atomic E-state index is 0.0597. The number of carbonyl (C=O) groups is 1. The van der Waals surface area contributed by atoms with Crippen molar-refractivity contribution < 1.29 is 4.79 Å². The van der Waals surface area contributed by atoms with Gasteiger partial charge >= 0.3 is 0 Å². The van der Waals surface area contributed by atoms with E-state index in [9.17, 15) is 9.59 Å². The Morgan fingerprint density at radius 3 is 2.89 bits per heavy atom. The lowest BCUT2D eigenvalue weighted by molar-refractivity contribution is -0.116. The lowest BCUT2D eigenvalue weighted by atomic mass is 10.2. The fourth-order valence-corrected chi connectivity index (χ4v) is 4.58. The SMILES string of the molecule is O=C(Cn1c(SCc2ccccc2)nc2c(c1=O)CCC2)Nc1nccs1. The van der Waals surface area contributed by atoms with Crippen LogP contribution in [0.25, 0.3) is 0 Å². The first-order valence-electron chi connectivity index (χ1n) is 8.69. The summed E-state index contributed by atoms with van der Waals surface area (Å²) < 4.78 is 1.50. The molecule has 0 unspecified atom stereocenters. The summed E-state index contributed by atoms with van der Waals surface area (Å²) in [6.45, 7) is -0.0597. The van der Waals surface area contributed by atoms with Crippen LogP contribution in [0.5, 0.6) is 0 Å². The van der Waals surface area contributed by atoms with Gasteiger partial charge in [-0.1, -0.05) is 42.1 Å². The standard InChI is InChI=1S/C19H18N4O2S2/c24-16(22-18-20-9-10-26-18)11-23-17(25)14-7-4-8-15(14)21-19(23)27-12-13-5-2-1-3-6-13/h1-3,5-6,9-10H,4,7-8,11-12H2,(H,20,22,24). The first kappa shape index (κ1) is 17.9. The number of anilines is 1. The van der Waals surface area contributed by atoms with Crippen molar-refractivity contribution in [2.75, 3.05) is 5.32 Å². The molecule has 8 heteroatoms. The van der Waals surface area contributed by atoms with Crippen molar-refractivity contribution in [3.05, 3.63) is 69.1 Å². The van der Waals surface area contributed by atoms with Crippen LogP contribution >= 0.6 is 23.1 Å². The van der Waals surface area contributed by atoms with Crippen LogP contribution in [0.2, 0.25) is 0 Å². The van der Waals surface area contributed by atoms with Gasteiger partial charge in [-0.15, -0.1) is 11.3 Å². The number of hydrogen-bond donors (Lipinski definition) is 1. The van der Waals surface area contributed by atoms with E-state index in [-0.39, 0.29) is 18.0 Å². The molecule has 1 amide bonds. The predicted molar refractivity (Wildman–Crippen MR) is 107 cm³/mol. The lowest BCUT2D eigenvalue weighted by Crippen LogP contribution is -2.32. The quantitative estimate of drug-likeness (QED) is 0.510. The van der Waals surface area contributed by atoms with Crippen LogP contribution in [0.15, 0.2) is 51.9 Å². The van der Waals surface area contributed by atoms with Crippen LogP contribution in [-0.4, -0.2) is 20.4 Å². The average Bonchev–Trinajstić information content (AvgIpc) is 3.35. The van der Waals surface area contributed by atoms with Gasteiger partial charge in [-0.05, 0) is 24.8 Å². The molecule has 1 aromatic carbocycles. The third-order valence-corrected chi connectivity index (χ3v) is 6.08. The number of rotatable bonds is 6. The Morgan fingerprint density at radius 2 is 2.11 bits per heavy atom. The molecule has 27 heavy (non-hydrogen) atoms. The Balaban J connectivity index is 1.60. The van der Waals surface area contributed by atoms with Crippen LogP contribution in [0.3, 0.4) is 0 Å². The molecule has 0 atom stereocenters. The summed E-state index contributed by atoms with van der Waals surface area (Å²) in [5, 5.41) is 5.65. The van der Waals surface area contributed by atoms with Gasteiger partial charge in [0.05, 0.1) is 5.69 Å². The molecule has 6 nitrogen and oxygen atoms in total. The molecule has 1 aliphatic carbocycles. The van der Waals surface area contributed by atoms with Gasteiger partial charge in [-0.2, -0.15) is 0 Å². The van der Waals surface area contributed by atoms with E-state index in [1.807, 2.05) is 30.3 Å². The van der Waals surface area contributed by atoms with E-state index < -0.39 is 0 Å². The second-order valence-electron chi connectivity index (χ2n) is 6.22. The summed E-state index contributed by atoms with van der Waals surface area (Å²) in [4.78, 5) is 34.1. The molecule has 0 spiro atoms. The van der Waals surface area contributed by atoms with Gasteiger partial charge in [0, 0.05) is 22.9 Å². The molecular formula is C19H18N4O2S2. The average molecular weight is 399 g/mol. The number of nitrogens with zero attached hydrogens (tertiary/aromatic N) is 3. The van der Waals surface area contributed by atoms with Crippen molar-refractivity contribution >= 4 is 34.1 Å². The monoisotopic (exact) mass is 398 g/mol. The van der Waals surface area contributed by atoms with E-state index in [0.29, 0.717) is 16.0 Å². The van der Waals surface area contributed by atoms with Gasteiger partial charge in [0.25, 0.3) is 5.56 Å². The fraction of sp³-hybridized carbons (Fsp3) is 0.263. The van der Waals surface area contributed by atoms with Crippen LogP contribution in [0.1, 0.15) is 23.2 Å². The number of aromatic nitrogens is 3. The minimum Gasteiger partial charge on any atom is -0.300 e. The molecule has 3 aromatic rings. The summed E-state index contributed by atoms with van der Waals surface area (Å²) in [5.74, 6) is 0.425. The Morgan fingerprint density at radius 1 is 1.26 bits per heavy atom. The number of nitrogens with one attached hydrogen (secondary N) is 1. The van der Waals surface area contributed by atoms with Gasteiger partial charge in [-0.25, -0.2) is 9.97 Å². The van der Waals surface area contributed by atoms with Gasteiger partial charge in [0.2, 0.25) is 5.91 Å². The summed E-state index contributed by atoms with van der Waals surface area (Å²) in [7, 11) is 0. The van der Waals surface area contributed by atoms with Gasteiger partial charge < -0.3 is 5.32 Å². The molecule has 2 heterocycles. The lowest BCUT2D eigenvalue weighted by Gasteiger charge is -2.13. The number of amides is 1. The molecular weight excluding hydrogens is 380 g/mol. The first-order chi connectivity index (χ1) is 13.2. The van der Waals surface area contributed by atoms with Gasteiger partial charge in [0.15, 0.2) is 10.3 Å². The molecule has 0 radical (unpaired) electrons. The number of thioether (sulfide) groups is 1. The molecule has 0 fully saturated rings. The van der Waals surface area contributed by atoms with Crippen LogP contribution in [0, 0.1) is 0 Å². The number of benzene rings is 1. The second kappa shape index (κ2) is 8.06. The Bertz CT molecular complexity index is 1000. The van der Waals surface area contributed by atoms with Crippen molar-refractivity contribution in [1.82, 2.24) is 14.5 Å². The number of fused-ring (bicyclic) bond motifs is 1. The molecule has 0 saturated carbocycles. The Hall–Kier alpha value is -2.45. The molecule has 0 bridgehead atoms. The fourth-order valence-electron chi connectivity index (χ4n) is 3.07. The van der Waals surface area contributed by atoms with Crippen LogP contribution in [0.4, 0.5) is 5.13 Å². The van der Waals surface area contributed by atoms with E-state index in [2.05, 4.69) is 10.3 Å². The highest BCUT2D eigenvalue weighted by atomic mass is 32.2. The minimum atomic E-state index is -0.270. The smallest absolute Gasteiger partial charge is 0.258 e. The molecule has 1 aliphatic rings. The highest BCUT2D eigenvalue weighted by Gasteiger charge is 2.22. The molecule has 4 rings (SSSR count). The summed E-state index contributed by atoms with van der Waals surface area (Å²) in [5.41, 5.74) is 2.69. The van der Waals surface area contributed by atoms with E-state index in [4.69, 9.17) is 4.98 Å². The number of hydrogen-bond acceptors (Lipinski definition) is 6. The third kappa shape index (κ3) is 4.12. The van der Waals surface area contributed by atoms with Crippen molar-refractivity contribution in [3.8, 4) is 0 Å². The Kier molecular flexibility index (Phi) is 5.35. The normalized spacial score (nSPS) is 12.7. The van der Waals surface area contributed by atoms with Crippen molar-refractivity contribution in [2.45, 2.75) is 36.7 Å². The zero-order valence-electron chi connectivity index (χ0n) is 14.6. The maximum Gasteiger partial charge on any atom is 0.258 e. The van der Waals surface area contributed by atoms with E-state index in [0.717, 1.165) is 36.1 Å². The third-order valence-electron chi connectivity index (χ3n) is 4.34. The molecule has 2 aromatic heterocycles. The van der Waals surface area contributed by atoms with E-state index in [1.165, 1.54) is 27.7 Å². The maximum absolute atomic E-state index is 12.9. The van der Waals surface area contributed by atoms with Crippen molar-refractivity contribution in [1.29, 1.82) is 0 Å². The first-order valence-corrected chi connectivity index (χ1v) is 10.6. The second-order valence-corrected chi connectivity index (χ2v) is 8.06. The topological polar surface area (TPSA) is 76.9 Å². The molecule has 0 aliphatic heterocycles. The molecule has 1 N–H and O–H groups in total. The highest BCUT2D eigenvalue weighted by Crippen LogP contribution is 2.24. The summed E-state index contributed by atoms with van der Waals surface area (Å²) >= 11 is 2.84. The van der Waals surface area contributed by atoms with Crippen LogP contribution < -0.4 is 10.9 Å². The van der Waals surface area contributed by atoms with Gasteiger partial charge in [0.1, 0.15) is 6.54 Å². The zero-order chi connectivity index (χ0) is 18.6. The number of thiazole rings is 1. The van der Waals surface area contributed by atoms with Crippen molar-refractivity contribution in [2.24, 2.45) is 0 Å². The number of aryl methyl sites for hydroxylation is 1. The highest BCUT2D eigenvalue weighted by molar-refractivity contribution is 7.98. The number of carbonyl (C=O) groups excluding carboxylic acids is 1. The molecule has 138 valence electrons. The predicted octanol–water partition coefficient (Wildman–Crippen LogP) is 3.12. The zero-order valence-corrected chi connectivity index (χ0v) is 16.2. The largest absolute Gasteiger partial charge is 0.300 e.